The first-order valence-electron chi connectivity index (χ1n) is 10.8. The number of H-pyrrole nitrogens is 1. The molecule has 0 saturated carbocycles. The lowest BCUT2D eigenvalue weighted by Gasteiger charge is -2.25. The second-order valence-electron chi connectivity index (χ2n) is 7.93. The van der Waals surface area contributed by atoms with E-state index in [0.717, 1.165) is 28.5 Å². The molecular weight excluding hydrogens is 418 g/mol. The number of aromatic amines is 1. The molecule has 0 bridgehead atoms. The Labute approximate surface area is 192 Å². The van der Waals surface area contributed by atoms with E-state index >= 15 is 0 Å². The number of amides is 2. The van der Waals surface area contributed by atoms with Gasteiger partial charge in [-0.2, -0.15) is 0 Å². The first kappa shape index (κ1) is 21.8. The van der Waals surface area contributed by atoms with Gasteiger partial charge in [0.2, 0.25) is 5.91 Å². The SMILES string of the molecule is CCc1ccc(CN(C)C(=O)[C@H](Cc2c[nH]c3ccccc23)NC(=O)c2cccs2)cc1. The second kappa shape index (κ2) is 9.83. The molecule has 0 radical (unpaired) electrons. The topological polar surface area (TPSA) is 65.2 Å². The molecule has 0 unspecified atom stereocenters. The summed E-state index contributed by atoms with van der Waals surface area (Å²) >= 11 is 1.37. The molecule has 4 rings (SSSR count). The summed E-state index contributed by atoms with van der Waals surface area (Å²) in [5.41, 5.74) is 4.35. The summed E-state index contributed by atoms with van der Waals surface area (Å²) in [6, 6.07) is 19.2. The molecule has 0 aliphatic rings. The minimum absolute atomic E-state index is 0.111. The number of para-hydroxylation sites is 1. The molecule has 0 spiro atoms. The molecule has 0 saturated heterocycles. The summed E-state index contributed by atoms with van der Waals surface area (Å²) < 4.78 is 0. The molecule has 5 nitrogen and oxygen atoms in total. The average molecular weight is 446 g/mol. The van der Waals surface area contributed by atoms with Crippen LogP contribution in [-0.2, 0) is 24.2 Å². The molecule has 1 atom stereocenters. The van der Waals surface area contributed by atoms with E-state index in [4.69, 9.17) is 0 Å². The normalized spacial score (nSPS) is 11.9. The molecule has 0 aliphatic carbocycles. The average Bonchev–Trinajstić information content (AvgIpc) is 3.49. The van der Waals surface area contributed by atoms with Crippen LogP contribution in [0.5, 0.6) is 0 Å². The molecule has 2 heterocycles. The van der Waals surface area contributed by atoms with Crippen LogP contribution in [0.4, 0.5) is 0 Å². The molecule has 2 aromatic carbocycles. The number of fused-ring (bicyclic) bond motifs is 1. The number of likely N-dealkylation sites (N-methyl/N-ethyl adjacent to an activating group) is 1. The van der Waals surface area contributed by atoms with Gasteiger partial charge in [0, 0.05) is 37.1 Å². The van der Waals surface area contributed by atoms with Crippen LogP contribution in [-0.4, -0.2) is 34.8 Å². The highest BCUT2D eigenvalue weighted by molar-refractivity contribution is 7.12. The lowest BCUT2D eigenvalue weighted by atomic mass is 10.0. The number of benzene rings is 2. The van der Waals surface area contributed by atoms with Gasteiger partial charge < -0.3 is 15.2 Å². The standard InChI is InChI=1S/C26H27N3O2S/c1-3-18-10-12-19(13-11-18)17-29(2)26(31)23(28-25(30)24-9-6-14-32-24)15-20-16-27-22-8-5-4-7-21(20)22/h4-14,16,23,27H,3,15,17H2,1-2H3,(H,28,30)/t23-/m0/s1. The van der Waals surface area contributed by atoms with Crippen molar-refractivity contribution in [1.29, 1.82) is 0 Å². The third kappa shape index (κ3) is 4.92. The van der Waals surface area contributed by atoms with Gasteiger partial charge in [0.15, 0.2) is 0 Å². The van der Waals surface area contributed by atoms with Crippen LogP contribution in [0.1, 0.15) is 33.3 Å². The van der Waals surface area contributed by atoms with Crippen molar-refractivity contribution in [2.45, 2.75) is 32.4 Å². The number of rotatable bonds is 8. The van der Waals surface area contributed by atoms with Crippen molar-refractivity contribution in [1.82, 2.24) is 15.2 Å². The monoisotopic (exact) mass is 445 g/mol. The molecule has 2 N–H and O–H groups in total. The van der Waals surface area contributed by atoms with E-state index in [1.165, 1.54) is 16.9 Å². The molecule has 6 heteroatoms. The summed E-state index contributed by atoms with van der Waals surface area (Å²) in [6.45, 7) is 2.61. The van der Waals surface area contributed by atoms with Gasteiger partial charge in [-0.3, -0.25) is 9.59 Å². The maximum absolute atomic E-state index is 13.4. The Hall–Kier alpha value is -3.38. The fourth-order valence-corrected chi connectivity index (χ4v) is 4.48. The Morgan fingerprint density at radius 2 is 1.78 bits per heavy atom. The highest BCUT2D eigenvalue weighted by Gasteiger charge is 2.26. The minimum Gasteiger partial charge on any atom is -0.361 e. The number of hydrogen-bond acceptors (Lipinski definition) is 3. The number of hydrogen-bond donors (Lipinski definition) is 2. The first-order chi connectivity index (χ1) is 15.5. The fourth-order valence-electron chi connectivity index (χ4n) is 3.86. The minimum atomic E-state index is -0.663. The number of carbonyl (C=O) groups excluding carboxylic acids is 2. The zero-order valence-corrected chi connectivity index (χ0v) is 19.1. The third-order valence-electron chi connectivity index (χ3n) is 5.67. The Bertz CT molecular complexity index is 1200. The first-order valence-corrected chi connectivity index (χ1v) is 11.6. The van der Waals surface area contributed by atoms with Crippen molar-refractivity contribution in [3.63, 3.8) is 0 Å². The highest BCUT2D eigenvalue weighted by atomic mass is 32.1. The van der Waals surface area contributed by atoms with E-state index in [1.54, 1.807) is 18.0 Å². The number of aromatic nitrogens is 1. The maximum atomic E-state index is 13.4. The van der Waals surface area contributed by atoms with Crippen LogP contribution in [0.15, 0.2) is 72.2 Å². The zero-order valence-electron chi connectivity index (χ0n) is 18.3. The summed E-state index contributed by atoms with van der Waals surface area (Å²) in [5.74, 6) is -0.335. The molecule has 2 amide bonds. The lowest BCUT2D eigenvalue weighted by Crippen LogP contribution is -2.48. The van der Waals surface area contributed by atoms with Gasteiger partial charge in [-0.15, -0.1) is 11.3 Å². The van der Waals surface area contributed by atoms with Crippen LogP contribution in [0, 0.1) is 0 Å². The van der Waals surface area contributed by atoms with Crippen molar-refractivity contribution >= 4 is 34.1 Å². The molecular formula is C26H27N3O2S. The third-order valence-corrected chi connectivity index (χ3v) is 6.54. The summed E-state index contributed by atoms with van der Waals surface area (Å²) in [4.78, 5) is 31.8. The van der Waals surface area contributed by atoms with E-state index in [1.807, 2.05) is 41.9 Å². The van der Waals surface area contributed by atoms with Crippen molar-refractivity contribution in [2.24, 2.45) is 0 Å². The number of nitrogens with one attached hydrogen (secondary N) is 2. The van der Waals surface area contributed by atoms with Gasteiger partial charge in [-0.25, -0.2) is 0 Å². The predicted octanol–water partition coefficient (Wildman–Crippen LogP) is 4.79. The van der Waals surface area contributed by atoms with Crippen molar-refractivity contribution < 1.29 is 9.59 Å². The van der Waals surface area contributed by atoms with Crippen LogP contribution in [0.2, 0.25) is 0 Å². The van der Waals surface area contributed by atoms with Gasteiger partial charge >= 0.3 is 0 Å². The Balaban J connectivity index is 1.55. The summed E-state index contributed by atoms with van der Waals surface area (Å²) in [7, 11) is 1.79. The van der Waals surface area contributed by atoms with Crippen LogP contribution >= 0.6 is 11.3 Å². The number of carbonyl (C=O) groups is 2. The molecule has 4 aromatic rings. The quantitative estimate of drug-likeness (QED) is 0.409. The second-order valence-corrected chi connectivity index (χ2v) is 8.88. The molecule has 164 valence electrons. The van der Waals surface area contributed by atoms with Crippen molar-refractivity contribution in [3.8, 4) is 0 Å². The summed E-state index contributed by atoms with van der Waals surface area (Å²) in [5, 5.41) is 5.90. The Morgan fingerprint density at radius 1 is 1.03 bits per heavy atom. The molecule has 0 fully saturated rings. The highest BCUT2D eigenvalue weighted by Crippen LogP contribution is 2.20. The Kier molecular flexibility index (Phi) is 6.71. The van der Waals surface area contributed by atoms with Crippen molar-refractivity contribution in [3.05, 3.63) is 93.8 Å². The largest absolute Gasteiger partial charge is 0.361 e. The van der Waals surface area contributed by atoms with Gasteiger partial charge in [0.25, 0.3) is 5.91 Å². The van der Waals surface area contributed by atoms with E-state index in [0.29, 0.717) is 17.8 Å². The molecule has 2 aromatic heterocycles. The number of aryl methyl sites for hydroxylation is 1. The van der Waals surface area contributed by atoms with Gasteiger partial charge in [-0.05, 0) is 40.6 Å². The number of thiophene rings is 1. The smallest absolute Gasteiger partial charge is 0.262 e. The van der Waals surface area contributed by atoms with Crippen LogP contribution in [0.3, 0.4) is 0 Å². The maximum Gasteiger partial charge on any atom is 0.262 e. The van der Waals surface area contributed by atoms with E-state index < -0.39 is 6.04 Å². The van der Waals surface area contributed by atoms with Crippen LogP contribution in [0.25, 0.3) is 10.9 Å². The number of nitrogens with zero attached hydrogens (tertiary/aromatic N) is 1. The van der Waals surface area contributed by atoms with Gasteiger partial charge in [0.05, 0.1) is 4.88 Å². The van der Waals surface area contributed by atoms with E-state index in [-0.39, 0.29) is 11.8 Å². The Morgan fingerprint density at radius 3 is 2.50 bits per heavy atom. The van der Waals surface area contributed by atoms with E-state index in [9.17, 15) is 9.59 Å². The zero-order chi connectivity index (χ0) is 22.5. The molecule has 0 aliphatic heterocycles. The van der Waals surface area contributed by atoms with Gasteiger partial charge in [0.1, 0.15) is 6.04 Å². The fraction of sp³-hybridized carbons (Fsp3) is 0.231. The van der Waals surface area contributed by atoms with Crippen LogP contribution < -0.4 is 5.32 Å². The van der Waals surface area contributed by atoms with E-state index in [2.05, 4.69) is 41.5 Å². The van der Waals surface area contributed by atoms with Crippen molar-refractivity contribution in [2.75, 3.05) is 7.05 Å². The van der Waals surface area contributed by atoms with Gasteiger partial charge in [-0.1, -0.05) is 55.5 Å². The molecule has 32 heavy (non-hydrogen) atoms. The summed E-state index contributed by atoms with van der Waals surface area (Å²) in [6.07, 6.45) is 3.32. The lowest BCUT2D eigenvalue weighted by molar-refractivity contribution is -0.132. The predicted molar refractivity (Wildman–Crippen MR) is 130 cm³/mol.